The van der Waals surface area contributed by atoms with Crippen molar-refractivity contribution in [3.63, 3.8) is 0 Å². The second-order valence-corrected chi connectivity index (χ2v) is 11.9. The van der Waals surface area contributed by atoms with E-state index in [4.69, 9.17) is 0 Å². The molecule has 0 aliphatic heterocycles. The van der Waals surface area contributed by atoms with E-state index in [9.17, 15) is 4.79 Å². The lowest BCUT2D eigenvalue weighted by atomic mass is 10.0. The smallest absolute Gasteiger partial charge is 0.211 e. The minimum absolute atomic E-state index is 0.656. The molecular formula is C37H69NO. The summed E-state index contributed by atoms with van der Waals surface area (Å²) in [6.45, 7) is 2.96. The van der Waals surface area contributed by atoms with Crippen molar-refractivity contribution >= 4 is 6.08 Å². The van der Waals surface area contributed by atoms with E-state index in [0.29, 0.717) is 6.54 Å². The molecule has 0 amide bonds. The molecule has 0 radical (unpaired) electrons. The molecule has 0 saturated carbocycles. The van der Waals surface area contributed by atoms with Crippen LogP contribution in [0.25, 0.3) is 0 Å². The van der Waals surface area contributed by atoms with Gasteiger partial charge in [0, 0.05) is 0 Å². The average Bonchev–Trinajstić information content (AvgIpc) is 2.95. The summed E-state index contributed by atoms with van der Waals surface area (Å²) in [5.41, 5.74) is 0. The molecule has 0 rings (SSSR count). The van der Waals surface area contributed by atoms with Gasteiger partial charge in [0.25, 0.3) is 0 Å². The van der Waals surface area contributed by atoms with Gasteiger partial charge in [-0.2, -0.15) is 0 Å². The first-order chi connectivity index (χ1) is 19.4. The Balaban J connectivity index is 3.14. The summed E-state index contributed by atoms with van der Waals surface area (Å²) < 4.78 is 0. The van der Waals surface area contributed by atoms with E-state index in [1.165, 1.54) is 186 Å². The van der Waals surface area contributed by atoms with E-state index in [1.807, 2.05) is 0 Å². The highest BCUT2D eigenvalue weighted by atomic mass is 16.1. The fraction of sp³-hybridized carbons (Fsp3) is 0.865. The lowest BCUT2D eigenvalue weighted by Gasteiger charge is -2.03. The van der Waals surface area contributed by atoms with Gasteiger partial charge in [0.05, 0.1) is 6.54 Å². The summed E-state index contributed by atoms with van der Waals surface area (Å²) in [7, 11) is 0. The minimum Gasteiger partial charge on any atom is -0.211 e. The molecule has 0 unspecified atom stereocenters. The van der Waals surface area contributed by atoms with Crippen molar-refractivity contribution in [2.24, 2.45) is 4.99 Å². The summed E-state index contributed by atoms with van der Waals surface area (Å²) in [4.78, 5) is 13.6. The molecule has 0 saturated heterocycles. The van der Waals surface area contributed by atoms with Gasteiger partial charge in [-0.1, -0.05) is 166 Å². The molecule has 2 nitrogen and oxygen atoms in total. The van der Waals surface area contributed by atoms with E-state index < -0.39 is 0 Å². The Hall–Kier alpha value is -1.14. The topological polar surface area (TPSA) is 29.4 Å². The van der Waals surface area contributed by atoms with E-state index in [2.05, 4.69) is 36.2 Å². The second-order valence-electron chi connectivity index (χ2n) is 11.9. The van der Waals surface area contributed by atoms with Gasteiger partial charge < -0.3 is 0 Å². The van der Waals surface area contributed by atoms with Gasteiger partial charge in [0.15, 0.2) is 0 Å². The van der Waals surface area contributed by atoms with Crippen LogP contribution in [0.1, 0.15) is 200 Å². The van der Waals surface area contributed by atoms with Gasteiger partial charge in [-0.25, -0.2) is 9.79 Å². The quantitative estimate of drug-likeness (QED) is 0.0350. The molecule has 39 heavy (non-hydrogen) atoms. The Bertz CT molecular complexity index is 546. The van der Waals surface area contributed by atoms with Crippen molar-refractivity contribution in [2.45, 2.75) is 200 Å². The molecule has 0 aliphatic rings. The summed E-state index contributed by atoms with van der Waals surface area (Å²) in [5.74, 6) is 0. The van der Waals surface area contributed by atoms with Crippen LogP contribution >= 0.6 is 0 Å². The fourth-order valence-corrected chi connectivity index (χ4v) is 5.37. The van der Waals surface area contributed by atoms with Crippen molar-refractivity contribution in [3.05, 3.63) is 24.3 Å². The van der Waals surface area contributed by atoms with Crippen LogP contribution in [-0.4, -0.2) is 12.6 Å². The third kappa shape index (κ3) is 36.9. The van der Waals surface area contributed by atoms with Gasteiger partial charge in [-0.3, -0.25) is 0 Å². The molecule has 2 heteroatoms. The Morgan fingerprint density at radius 1 is 0.385 bits per heavy atom. The minimum atomic E-state index is 0.656. The maximum absolute atomic E-state index is 9.98. The zero-order valence-corrected chi connectivity index (χ0v) is 26.6. The van der Waals surface area contributed by atoms with Crippen LogP contribution in [0.15, 0.2) is 29.3 Å². The van der Waals surface area contributed by atoms with Gasteiger partial charge in [0.1, 0.15) is 0 Å². The first kappa shape index (κ1) is 37.9. The Morgan fingerprint density at radius 3 is 0.923 bits per heavy atom. The van der Waals surface area contributed by atoms with Gasteiger partial charge >= 0.3 is 0 Å². The van der Waals surface area contributed by atoms with Crippen molar-refractivity contribution in [2.75, 3.05) is 6.54 Å². The van der Waals surface area contributed by atoms with Gasteiger partial charge in [-0.15, -0.1) is 0 Å². The molecule has 0 fully saturated rings. The molecule has 0 heterocycles. The molecular weight excluding hydrogens is 474 g/mol. The molecule has 0 aromatic carbocycles. The number of aliphatic imine (C=N–C) groups is 1. The summed E-state index contributed by atoms with van der Waals surface area (Å²) in [5, 5.41) is 0. The molecule has 0 bridgehead atoms. The van der Waals surface area contributed by atoms with E-state index in [-0.39, 0.29) is 0 Å². The zero-order chi connectivity index (χ0) is 28.2. The normalized spacial score (nSPS) is 11.6. The molecule has 0 aromatic rings. The number of hydrogen-bond acceptors (Lipinski definition) is 2. The van der Waals surface area contributed by atoms with E-state index in [1.54, 1.807) is 6.08 Å². The maximum Gasteiger partial charge on any atom is 0.234 e. The zero-order valence-electron chi connectivity index (χ0n) is 26.6. The first-order valence-corrected chi connectivity index (χ1v) is 17.8. The number of rotatable bonds is 33. The number of carbonyl (C=O) groups excluding carboxylic acids is 1. The predicted octanol–water partition coefficient (Wildman–Crippen LogP) is 13.2. The van der Waals surface area contributed by atoms with Crippen LogP contribution in [0.2, 0.25) is 0 Å². The van der Waals surface area contributed by atoms with Crippen molar-refractivity contribution in [1.29, 1.82) is 0 Å². The number of nitrogens with zero attached hydrogens (tertiary/aromatic N) is 1. The third-order valence-electron chi connectivity index (χ3n) is 8.00. The van der Waals surface area contributed by atoms with Crippen LogP contribution in [-0.2, 0) is 4.79 Å². The van der Waals surface area contributed by atoms with Gasteiger partial charge in [-0.05, 0) is 57.8 Å². The Morgan fingerprint density at radius 2 is 0.641 bits per heavy atom. The van der Waals surface area contributed by atoms with E-state index >= 15 is 0 Å². The first-order valence-electron chi connectivity index (χ1n) is 17.8. The molecule has 228 valence electrons. The van der Waals surface area contributed by atoms with Crippen LogP contribution < -0.4 is 0 Å². The largest absolute Gasteiger partial charge is 0.234 e. The molecule has 0 aliphatic carbocycles. The highest BCUT2D eigenvalue weighted by molar-refractivity contribution is 5.32. The number of isocyanates is 1. The summed E-state index contributed by atoms with van der Waals surface area (Å²) in [6.07, 6.45) is 52.5. The van der Waals surface area contributed by atoms with Gasteiger partial charge in [0.2, 0.25) is 6.08 Å². The molecule has 0 spiro atoms. The van der Waals surface area contributed by atoms with E-state index in [0.717, 1.165) is 6.42 Å². The molecule has 0 N–H and O–H groups in total. The van der Waals surface area contributed by atoms with Crippen LogP contribution in [0.4, 0.5) is 0 Å². The molecule has 0 atom stereocenters. The fourth-order valence-electron chi connectivity index (χ4n) is 5.37. The van der Waals surface area contributed by atoms with Crippen LogP contribution in [0.5, 0.6) is 0 Å². The molecule has 0 aromatic heterocycles. The maximum atomic E-state index is 9.98. The lowest BCUT2D eigenvalue weighted by Crippen LogP contribution is -1.83. The number of allylic oxidation sites excluding steroid dienone is 4. The van der Waals surface area contributed by atoms with Crippen molar-refractivity contribution in [3.8, 4) is 0 Å². The van der Waals surface area contributed by atoms with Crippen molar-refractivity contribution < 1.29 is 4.79 Å². The Labute approximate surface area is 246 Å². The second kappa shape index (κ2) is 36.9. The number of unbranched alkanes of at least 4 members (excludes halogenated alkanes) is 27. The highest BCUT2D eigenvalue weighted by Crippen LogP contribution is 2.14. The monoisotopic (exact) mass is 544 g/mol. The predicted molar refractivity (Wildman–Crippen MR) is 175 cm³/mol. The SMILES string of the molecule is CCCCCCCCCCCCCCCCC=CCCCCCCCC/C=C\CCCCCCCCN=C=O. The average molecular weight is 544 g/mol. The van der Waals surface area contributed by atoms with Crippen LogP contribution in [0.3, 0.4) is 0 Å². The highest BCUT2D eigenvalue weighted by Gasteiger charge is 1.95. The van der Waals surface area contributed by atoms with Crippen LogP contribution in [0, 0.1) is 0 Å². The lowest BCUT2D eigenvalue weighted by molar-refractivity contribution is 0.536. The number of hydrogen-bond donors (Lipinski definition) is 0. The summed E-state index contributed by atoms with van der Waals surface area (Å²) in [6, 6.07) is 0. The third-order valence-corrected chi connectivity index (χ3v) is 8.00. The van der Waals surface area contributed by atoms with Crippen molar-refractivity contribution in [1.82, 2.24) is 0 Å². The standard InChI is InChI=1S/C37H69NO/c1-2-3-4-5-6-7-8-9-10-11-12-13-14-15-16-17-18-19-20-21-22-23-24-25-26-27-28-29-30-31-32-33-34-35-36-38-37-39/h17-18,27-28H,2-16,19-26,29-36H2,1H3/b18-17?,28-27-. The summed E-state index contributed by atoms with van der Waals surface area (Å²) >= 11 is 0. The Kier molecular flexibility index (Phi) is 35.8.